The smallest absolute Gasteiger partial charge is 0.158 e. The van der Waals surface area contributed by atoms with Gasteiger partial charge in [-0.1, -0.05) is 13.0 Å². The van der Waals surface area contributed by atoms with Crippen molar-refractivity contribution in [1.29, 1.82) is 0 Å². The third-order valence-corrected chi connectivity index (χ3v) is 3.47. The van der Waals surface area contributed by atoms with Gasteiger partial charge in [-0.25, -0.2) is 0 Å². The molecule has 0 aromatic heterocycles. The molecule has 1 aliphatic carbocycles. The van der Waals surface area contributed by atoms with Crippen LogP contribution >= 0.6 is 0 Å². The molecule has 0 unspecified atom stereocenters. The fraction of sp³-hybridized carbons (Fsp3) is 0.786. The minimum Gasteiger partial charge on any atom is -0.380 e. The zero-order chi connectivity index (χ0) is 12.3. The molecule has 0 aromatic rings. The summed E-state index contributed by atoms with van der Waals surface area (Å²) in [6, 6.07) is 0. The van der Waals surface area contributed by atoms with Gasteiger partial charge in [0.15, 0.2) is 5.78 Å². The van der Waals surface area contributed by atoms with E-state index < -0.39 is 0 Å². The molecular formula is C14H22O3. The maximum Gasteiger partial charge on any atom is 0.158 e. The van der Waals surface area contributed by atoms with E-state index in [-0.39, 0.29) is 11.2 Å². The average Bonchev–Trinajstić information content (AvgIpc) is 3.05. The lowest BCUT2D eigenvalue weighted by Gasteiger charge is -2.37. The van der Waals surface area contributed by atoms with Crippen LogP contribution in [0.4, 0.5) is 0 Å². The van der Waals surface area contributed by atoms with E-state index in [2.05, 4.69) is 6.92 Å². The van der Waals surface area contributed by atoms with E-state index in [1.165, 1.54) is 12.8 Å². The Labute approximate surface area is 103 Å². The first-order valence-electron chi connectivity index (χ1n) is 6.44. The van der Waals surface area contributed by atoms with Crippen molar-refractivity contribution in [1.82, 2.24) is 0 Å². The van der Waals surface area contributed by atoms with Gasteiger partial charge in [0.25, 0.3) is 0 Å². The van der Waals surface area contributed by atoms with Crippen molar-refractivity contribution in [3.63, 3.8) is 0 Å². The number of rotatable bonds is 7. The van der Waals surface area contributed by atoms with Gasteiger partial charge in [-0.2, -0.15) is 0 Å². The molecule has 3 nitrogen and oxygen atoms in total. The minimum atomic E-state index is 0.194. The van der Waals surface area contributed by atoms with Crippen molar-refractivity contribution in [2.75, 3.05) is 26.4 Å². The van der Waals surface area contributed by atoms with Crippen LogP contribution in [0.1, 0.15) is 33.1 Å². The number of ketones is 1. The lowest BCUT2D eigenvalue weighted by molar-refractivity contribution is -0.135. The highest BCUT2D eigenvalue weighted by Gasteiger charge is 2.33. The number of Topliss-reactive ketones (excluding diaryl/α,β-unsaturated/α-hetero) is 1. The first-order valence-corrected chi connectivity index (χ1v) is 6.44. The summed E-state index contributed by atoms with van der Waals surface area (Å²) in [6.45, 7) is 6.88. The normalized spacial score (nSPS) is 23.3. The van der Waals surface area contributed by atoms with Gasteiger partial charge < -0.3 is 9.47 Å². The number of hydrogen-bond donors (Lipinski definition) is 0. The van der Waals surface area contributed by atoms with Gasteiger partial charge in [0, 0.05) is 11.8 Å². The minimum absolute atomic E-state index is 0.194. The molecule has 2 aliphatic rings. The molecule has 1 saturated carbocycles. The van der Waals surface area contributed by atoms with Crippen molar-refractivity contribution >= 4 is 5.78 Å². The fourth-order valence-electron chi connectivity index (χ4n) is 1.88. The van der Waals surface area contributed by atoms with E-state index in [1.807, 2.05) is 13.0 Å². The third-order valence-electron chi connectivity index (χ3n) is 3.47. The van der Waals surface area contributed by atoms with Crippen LogP contribution in [0.5, 0.6) is 0 Å². The van der Waals surface area contributed by atoms with Gasteiger partial charge in [0.05, 0.1) is 26.4 Å². The SMILES string of the molecule is CC(=CCOCC1(C)COC1)C(=O)CC1CC1. The Kier molecular flexibility index (Phi) is 4.00. The predicted molar refractivity (Wildman–Crippen MR) is 65.9 cm³/mol. The molecule has 96 valence electrons. The molecule has 1 saturated heterocycles. The Morgan fingerprint density at radius 1 is 1.47 bits per heavy atom. The summed E-state index contributed by atoms with van der Waals surface area (Å²) >= 11 is 0. The van der Waals surface area contributed by atoms with Crippen molar-refractivity contribution in [2.24, 2.45) is 11.3 Å². The lowest BCUT2D eigenvalue weighted by atomic mass is 9.90. The predicted octanol–water partition coefficient (Wildman–Crippen LogP) is 2.36. The van der Waals surface area contributed by atoms with E-state index in [4.69, 9.17) is 9.47 Å². The summed E-state index contributed by atoms with van der Waals surface area (Å²) < 4.78 is 10.7. The van der Waals surface area contributed by atoms with Crippen molar-refractivity contribution in [3.8, 4) is 0 Å². The summed E-state index contributed by atoms with van der Waals surface area (Å²) in [4.78, 5) is 11.7. The Balaban J connectivity index is 1.62. The molecule has 17 heavy (non-hydrogen) atoms. The Bertz CT molecular complexity index is 311. The van der Waals surface area contributed by atoms with E-state index in [0.29, 0.717) is 19.1 Å². The molecule has 0 radical (unpaired) electrons. The first-order chi connectivity index (χ1) is 8.09. The van der Waals surface area contributed by atoms with Crippen LogP contribution < -0.4 is 0 Å². The van der Waals surface area contributed by atoms with Gasteiger partial charge in [0.1, 0.15) is 0 Å². The van der Waals surface area contributed by atoms with Crippen molar-refractivity contribution < 1.29 is 14.3 Å². The zero-order valence-corrected chi connectivity index (χ0v) is 10.8. The molecular weight excluding hydrogens is 216 g/mol. The molecule has 0 spiro atoms. The standard InChI is InChI=1S/C14H22O3/c1-11(13(15)7-12-3-4-12)5-6-16-8-14(2)9-17-10-14/h5,12H,3-4,6-10H2,1-2H3. The molecule has 2 fully saturated rings. The van der Waals surface area contributed by atoms with Crippen LogP contribution in [0.2, 0.25) is 0 Å². The molecule has 0 amide bonds. The van der Waals surface area contributed by atoms with Gasteiger partial charge in [-0.05, 0) is 31.3 Å². The van der Waals surface area contributed by atoms with Gasteiger partial charge >= 0.3 is 0 Å². The number of allylic oxidation sites excluding steroid dienone is 1. The van der Waals surface area contributed by atoms with Crippen LogP contribution in [-0.2, 0) is 14.3 Å². The highest BCUT2D eigenvalue weighted by Crippen LogP contribution is 2.33. The maximum atomic E-state index is 11.7. The Morgan fingerprint density at radius 2 is 2.18 bits per heavy atom. The van der Waals surface area contributed by atoms with E-state index >= 15 is 0 Å². The summed E-state index contributed by atoms with van der Waals surface area (Å²) in [5, 5.41) is 0. The quantitative estimate of drug-likeness (QED) is 0.504. The summed E-state index contributed by atoms with van der Waals surface area (Å²) in [7, 11) is 0. The number of hydrogen-bond acceptors (Lipinski definition) is 3. The molecule has 0 bridgehead atoms. The summed E-state index contributed by atoms with van der Waals surface area (Å²) in [5.41, 5.74) is 1.05. The highest BCUT2D eigenvalue weighted by atomic mass is 16.5. The second-order valence-electron chi connectivity index (χ2n) is 5.78. The second-order valence-corrected chi connectivity index (χ2v) is 5.78. The van der Waals surface area contributed by atoms with Crippen LogP contribution in [0, 0.1) is 11.3 Å². The van der Waals surface area contributed by atoms with Crippen molar-refractivity contribution in [2.45, 2.75) is 33.1 Å². The van der Waals surface area contributed by atoms with Crippen LogP contribution in [0.3, 0.4) is 0 Å². The third kappa shape index (κ3) is 3.93. The second kappa shape index (κ2) is 5.32. The summed E-state index contributed by atoms with van der Waals surface area (Å²) in [6.07, 6.45) is 5.10. The molecule has 1 heterocycles. The first kappa shape index (κ1) is 12.8. The van der Waals surface area contributed by atoms with Gasteiger partial charge in [-0.15, -0.1) is 0 Å². The Morgan fingerprint density at radius 3 is 2.71 bits per heavy atom. The molecule has 2 rings (SSSR count). The van der Waals surface area contributed by atoms with Crippen LogP contribution in [0.15, 0.2) is 11.6 Å². The maximum absolute atomic E-state index is 11.7. The number of ether oxygens (including phenoxy) is 2. The molecule has 0 N–H and O–H groups in total. The average molecular weight is 238 g/mol. The zero-order valence-electron chi connectivity index (χ0n) is 10.8. The molecule has 1 aliphatic heterocycles. The monoisotopic (exact) mass is 238 g/mol. The van der Waals surface area contributed by atoms with Crippen LogP contribution in [-0.4, -0.2) is 32.2 Å². The van der Waals surface area contributed by atoms with Crippen molar-refractivity contribution in [3.05, 3.63) is 11.6 Å². The largest absolute Gasteiger partial charge is 0.380 e. The fourth-order valence-corrected chi connectivity index (χ4v) is 1.88. The topological polar surface area (TPSA) is 35.5 Å². The number of carbonyl (C=O) groups is 1. The van der Waals surface area contributed by atoms with Gasteiger partial charge in [-0.3, -0.25) is 4.79 Å². The summed E-state index contributed by atoms with van der Waals surface area (Å²) in [5.74, 6) is 0.951. The van der Waals surface area contributed by atoms with E-state index in [1.54, 1.807) is 0 Å². The lowest BCUT2D eigenvalue weighted by Crippen LogP contribution is -2.43. The van der Waals surface area contributed by atoms with E-state index in [9.17, 15) is 4.79 Å². The molecule has 0 aromatic carbocycles. The number of carbonyl (C=O) groups excluding carboxylic acids is 1. The van der Waals surface area contributed by atoms with Crippen LogP contribution in [0.25, 0.3) is 0 Å². The van der Waals surface area contributed by atoms with Gasteiger partial charge in [0.2, 0.25) is 0 Å². The molecule has 0 atom stereocenters. The van der Waals surface area contributed by atoms with E-state index in [0.717, 1.165) is 25.2 Å². The molecule has 3 heteroatoms. The highest BCUT2D eigenvalue weighted by molar-refractivity contribution is 5.95. The Hall–Kier alpha value is -0.670.